The van der Waals surface area contributed by atoms with Crippen LogP contribution in [0.4, 0.5) is 0 Å². The molecule has 0 unspecified atom stereocenters. The molecule has 0 spiro atoms. The van der Waals surface area contributed by atoms with Crippen LogP contribution in [0, 0.1) is 13.8 Å². The zero-order valence-corrected chi connectivity index (χ0v) is 17.6. The first-order valence-corrected chi connectivity index (χ1v) is 10.2. The molecule has 0 fully saturated rings. The van der Waals surface area contributed by atoms with E-state index < -0.39 is 5.97 Å². The van der Waals surface area contributed by atoms with Gasteiger partial charge in [-0.1, -0.05) is 54.6 Å². The molecule has 0 saturated heterocycles. The first-order chi connectivity index (χ1) is 15.5. The van der Waals surface area contributed by atoms with Crippen molar-refractivity contribution in [1.82, 2.24) is 9.97 Å². The number of para-hydroxylation sites is 1. The Bertz CT molecular complexity index is 1470. The summed E-state index contributed by atoms with van der Waals surface area (Å²) in [5.74, 6) is -0.0141. The summed E-state index contributed by atoms with van der Waals surface area (Å²) >= 11 is 0. The number of hydrogen-bond donors (Lipinski definition) is 1. The molecule has 5 rings (SSSR count). The SMILES string of the molecule is Cc1c(-c2nc(C(=O)O)c3c(OCc4ccccc4)ccc(C)c3n2)oc2ccccc12. The van der Waals surface area contributed by atoms with Gasteiger partial charge in [0.1, 0.15) is 17.9 Å². The summed E-state index contributed by atoms with van der Waals surface area (Å²) in [6.45, 7) is 4.11. The molecule has 5 aromatic rings. The van der Waals surface area contributed by atoms with Crippen molar-refractivity contribution >= 4 is 27.8 Å². The number of benzene rings is 3. The van der Waals surface area contributed by atoms with E-state index in [1.54, 1.807) is 6.07 Å². The molecule has 0 amide bonds. The highest BCUT2D eigenvalue weighted by Crippen LogP contribution is 2.35. The van der Waals surface area contributed by atoms with Crippen molar-refractivity contribution in [3.8, 4) is 17.3 Å². The van der Waals surface area contributed by atoms with Crippen LogP contribution in [0.2, 0.25) is 0 Å². The van der Waals surface area contributed by atoms with E-state index in [1.165, 1.54) is 0 Å². The zero-order valence-electron chi connectivity index (χ0n) is 17.6. The van der Waals surface area contributed by atoms with Gasteiger partial charge in [0.2, 0.25) is 0 Å². The van der Waals surface area contributed by atoms with E-state index in [9.17, 15) is 9.90 Å². The van der Waals surface area contributed by atoms with Crippen LogP contribution in [0.15, 0.2) is 71.1 Å². The van der Waals surface area contributed by atoms with Gasteiger partial charge in [-0.2, -0.15) is 0 Å². The lowest BCUT2D eigenvalue weighted by molar-refractivity contribution is 0.0692. The molecule has 0 radical (unpaired) electrons. The van der Waals surface area contributed by atoms with Gasteiger partial charge in [-0.25, -0.2) is 14.8 Å². The zero-order chi connectivity index (χ0) is 22.2. The molecule has 6 nitrogen and oxygen atoms in total. The number of ether oxygens (including phenoxy) is 1. The van der Waals surface area contributed by atoms with Crippen LogP contribution in [0.5, 0.6) is 5.75 Å². The summed E-state index contributed by atoms with van der Waals surface area (Å²) in [6.07, 6.45) is 0. The second-order valence-electron chi connectivity index (χ2n) is 7.63. The van der Waals surface area contributed by atoms with Crippen molar-refractivity contribution in [2.24, 2.45) is 0 Å². The van der Waals surface area contributed by atoms with Crippen LogP contribution in [-0.4, -0.2) is 21.0 Å². The summed E-state index contributed by atoms with van der Waals surface area (Å²) in [6, 6.07) is 21.0. The molecule has 3 aromatic carbocycles. The topological polar surface area (TPSA) is 85.5 Å². The first-order valence-electron chi connectivity index (χ1n) is 10.2. The number of carboxylic acid groups (broad SMARTS) is 1. The number of hydrogen-bond acceptors (Lipinski definition) is 5. The van der Waals surface area contributed by atoms with Crippen LogP contribution in [0.1, 0.15) is 27.2 Å². The molecule has 0 aliphatic carbocycles. The minimum atomic E-state index is -1.15. The smallest absolute Gasteiger partial charge is 0.355 e. The number of aryl methyl sites for hydroxylation is 2. The van der Waals surface area contributed by atoms with Crippen LogP contribution < -0.4 is 4.74 Å². The molecule has 0 aliphatic rings. The second-order valence-corrected chi connectivity index (χ2v) is 7.63. The number of fused-ring (bicyclic) bond motifs is 2. The maximum absolute atomic E-state index is 12.2. The van der Waals surface area contributed by atoms with Gasteiger partial charge in [0.25, 0.3) is 0 Å². The van der Waals surface area contributed by atoms with E-state index in [0.29, 0.717) is 34.6 Å². The summed E-state index contributed by atoms with van der Waals surface area (Å²) in [5, 5.41) is 11.3. The second kappa shape index (κ2) is 7.81. The number of rotatable bonds is 5. The van der Waals surface area contributed by atoms with E-state index >= 15 is 0 Å². The Hall–Kier alpha value is -4.19. The molecule has 1 N–H and O–H groups in total. The third-order valence-electron chi connectivity index (χ3n) is 5.50. The largest absolute Gasteiger partial charge is 0.488 e. The lowest BCUT2D eigenvalue weighted by Crippen LogP contribution is -2.07. The maximum Gasteiger partial charge on any atom is 0.355 e. The minimum absolute atomic E-state index is 0.114. The molecular weight excluding hydrogens is 404 g/mol. The molecule has 6 heteroatoms. The highest BCUT2D eigenvalue weighted by atomic mass is 16.5. The fraction of sp³-hybridized carbons (Fsp3) is 0.115. The molecule has 0 atom stereocenters. The quantitative estimate of drug-likeness (QED) is 0.376. The number of aromatic carboxylic acids is 1. The lowest BCUT2D eigenvalue weighted by Gasteiger charge is -2.13. The highest BCUT2D eigenvalue weighted by molar-refractivity contribution is 6.05. The van der Waals surface area contributed by atoms with Crippen molar-refractivity contribution in [2.45, 2.75) is 20.5 Å². The Labute approximate surface area is 184 Å². The van der Waals surface area contributed by atoms with Gasteiger partial charge in [0.15, 0.2) is 17.3 Å². The fourth-order valence-corrected chi connectivity index (χ4v) is 3.84. The van der Waals surface area contributed by atoms with Gasteiger partial charge in [-0.3, -0.25) is 0 Å². The highest BCUT2D eigenvalue weighted by Gasteiger charge is 2.23. The van der Waals surface area contributed by atoms with Crippen LogP contribution >= 0.6 is 0 Å². The molecule has 0 bridgehead atoms. The molecule has 0 saturated carbocycles. The van der Waals surface area contributed by atoms with Gasteiger partial charge >= 0.3 is 5.97 Å². The molecule has 0 aliphatic heterocycles. The Kier molecular flexibility index (Phi) is 4.82. The predicted molar refractivity (Wildman–Crippen MR) is 122 cm³/mol. The Morgan fingerprint density at radius 2 is 1.72 bits per heavy atom. The lowest BCUT2D eigenvalue weighted by atomic mass is 10.1. The van der Waals surface area contributed by atoms with Crippen molar-refractivity contribution in [2.75, 3.05) is 0 Å². The Balaban J connectivity index is 1.68. The summed E-state index contributed by atoms with van der Waals surface area (Å²) in [4.78, 5) is 21.3. The Morgan fingerprint density at radius 3 is 2.47 bits per heavy atom. The van der Waals surface area contributed by atoms with E-state index in [0.717, 1.165) is 22.1 Å². The average Bonchev–Trinajstić information content (AvgIpc) is 3.15. The van der Waals surface area contributed by atoms with Gasteiger partial charge in [-0.15, -0.1) is 0 Å². The van der Waals surface area contributed by atoms with Gasteiger partial charge in [0, 0.05) is 10.9 Å². The standard InChI is InChI=1S/C26H20N2O4/c1-15-12-13-20(31-14-17-8-4-3-5-9-17)21-22(15)27-25(28-23(21)26(29)30)24-16(2)18-10-6-7-11-19(18)32-24/h3-13H,14H2,1-2H3,(H,29,30). The maximum atomic E-state index is 12.2. The summed E-state index contributed by atoms with van der Waals surface area (Å²) in [5.41, 5.74) is 3.79. The van der Waals surface area contributed by atoms with Crippen molar-refractivity contribution in [3.05, 3.63) is 89.1 Å². The molecule has 2 heterocycles. The number of carboxylic acids is 1. The van der Waals surface area contributed by atoms with E-state index in [-0.39, 0.29) is 11.5 Å². The minimum Gasteiger partial charge on any atom is -0.488 e. The molecular formula is C26H20N2O4. The fourth-order valence-electron chi connectivity index (χ4n) is 3.84. The van der Waals surface area contributed by atoms with Gasteiger partial charge < -0.3 is 14.3 Å². The van der Waals surface area contributed by atoms with Gasteiger partial charge in [-0.05, 0) is 37.1 Å². The van der Waals surface area contributed by atoms with E-state index in [4.69, 9.17) is 14.1 Å². The van der Waals surface area contributed by atoms with Crippen molar-refractivity contribution < 1.29 is 19.1 Å². The first kappa shape index (κ1) is 19.8. The molecule has 158 valence electrons. The number of furan rings is 1. The summed E-state index contributed by atoms with van der Waals surface area (Å²) < 4.78 is 12.0. The third-order valence-corrected chi connectivity index (χ3v) is 5.50. The molecule has 2 aromatic heterocycles. The number of aromatic nitrogens is 2. The van der Waals surface area contributed by atoms with Crippen LogP contribution in [-0.2, 0) is 6.61 Å². The normalized spacial score (nSPS) is 11.2. The van der Waals surface area contributed by atoms with Crippen LogP contribution in [0.3, 0.4) is 0 Å². The predicted octanol–water partition coefficient (Wildman–Crippen LogP) is 5.94. The van der Waals surface area contributed by atoms with Crippen molar-refractivity contribution in [3.63, 3.8) is 0 Å². The Morgan fingerprint density at radius 1 is 0.969 bits per heavy atom. The third kappa shape index (κ3) is 3.36. The molecule has 32 heavy (non-hydrogen) atoms. The average molecular weight is 424 g/mol. The van der Waals surface area contributed by atoms with Gasteiger partial charge in [0.05, 0.1) is 10.9 Å². The summed E-state index contributed by atoms with van der Waals surface area (Å²) in [7, 11) is 0. The van der Waals surface area contributed by atoms with E-state index in [2.05, 4.69) is 4.98 Å². The van der Waals surface area contributed by atoms with Crippen LogP contribution in [0.25, 0.3) is 33.5 Å². The monoisotopic (exact) mass is 424 g/mol. The number of nitrogens with zero attached hydrogens (tertiary/aromatic N) is 2. The van der Waals surface area contributed by atoms with E-state index in [1.807, 2.05) is 74.5 Å². The van der Waals surface area contributed by atoms with Crippen molar-refractivity contribution in [1.29, 1.82) is 0 Å². The number of carbonyl (C=O) groups is 1.